The number of sulfonamides is 1. The third-order valence-corrected chi connectivity index (χ3v) is 7.09. The van der Waals surface area contributed by atoms with Gasteiger partial charge in [-0.1, -0.05) is 0 Å². The molecule has 0 aliphatic carbocycles. The molecule has 0 saturated heterocycles. The van der Waals surface area contributed by atoms with Gasteiger partial charge in [-0.3, -0.25) is 4.79 Å². The maximum atomic E-state index is 12.5. The molecule has 1 rings (SSSR count). The Hall–Kier alpha value is -0.440. The number of hydrogen-bond acceptors (Lipinski definition) is 5. The van der Waals surface area contributed by atoms with E-state index in [1.54, 1.807) is 19.9 Å². The van der Waals surface area contributed by atoms with Crippen LogP contribution in [0.5, 0.6) is 0 Å². The summed E-state index contributed by atoms with van der Waals surface area (Å²) >= 11 is 4.44. The third kappa shape index (κ3) is 3.77. The fraction of sp³-hybridized carbons (Fsp3) is 0.545. The first-order valence-electron chi connectivity index (χ1n) is 5.54. The van der Waals surface area contributed by atoms with Crippen molar-refractivity contribution in [2.75, 3.05) is 13.7 Å². The number of halogens is 1. The zero-order valence-electron chi connectivity index (χ0n) is 11.1. The van der Waals surface area contributed by atoms with Crippen LogP contribution >= 0.6 is 27.3 Å². The van der Waals surface area contributed by atoms with E-state index < -0.39 is 16.0 Å². The average Bonchev–Trinajstić information content (AvgIpc) is 2.66. The Kier molecular flexibility index (Phi) is 5.54. The lowest BCUT2D eigenvalue weighted by atomic mass is 10.4. The van der Waals surface area contributed by atoms with E-state index in [1.165, 1.54) is 7.11 Å². The van der Waals surface area contributed by atoms with E-state index >= 15 is 0 Å². The number of esters is 1. The van der Waals surface area contributed by atoms with Crippen LogP contribution in [0.1, 0.15) is 19.4 Å². The summed E-state index contributed by atoms with van der Waals surface area (Å²) < 4.78 is 31.7. The molecule has 0 aliphatic heterocycles. The number of aryl methyl sites for hydroxylation is 1. The molecule has 108 valence electrons. The van der Waals surface area contributed by atoms with Crippen molar-refractivity contribution in [2.45, 2.75) is 31.0 Å². The molecule has 0 aromatic carbocycles. The molecular formula is C11H16BrNO4S2. The maximum Gasteiger partial charge on any atom is 0.321 e. The molecule has 0 amide bonds. The Labute approximate surface area is 125 Å². The van der Waals surface area contributed by atoms with Crippen molar-refractivity contribution in [2.24, 2.45) is 0 Å². The Morgan fingerprint density at radius 2 is 2.11 bits per heavy atom. The predicted molar refractivity (Wildman–Crippen MR) is 77.8 cm³/mol. The minimum absolute atomic E-state index is 0.217. The molecule has 0 spiro atoms. The molecule has 1 heterocycles. The molecule has 0 fully saturated rings. The van der Waals surface area contributed by atoms with Crippen LogP contribution in [0.4, 0.5) is 0 Å². The number of thiophene rings is 1. The molecule has 1 aromatic rings. The van der Waals surface area contributed by atoms with E-state index in [2.05, 4.69) is 20.7 Å². The van der Waals surface area contributed by atoms with Gasteiger partial charge >= 0.3 is 5.97 Å². The van der Waals surface area contributed by atoms with Crippen molar-refractivity contribution in [1.82, 2.24) is 4.31 Å². The first-order chi connectivity index (χ1) is 8.70. The minimum Gasteiger partial charge on any atom is -0.468 e. The van der Waals surface area contributed by atoms with Gasteiger partial charge in [0.25, 0.3) is 10.0 Å². The van der Waals surface area contributed by atoms with Gasteiger partial charge in [-0.05, 0) is 48.3 Å². The second-order valence-electron chi connectivity index (χ2n) is 4.24. The second-order valence-corrected chi connectivity index (χ2v) is 8.73. The van der Waals surface area contributed by atoms with E-state index in [4.69, 9.17) is 0 Å². The van der Waals surface area contributed by atoms with Gasteiger partial charge in [-0.15, -0.1) is 11.3 Å². The summed E-state index contributed by atoms with van der Waals surface area (Å²) in [5.74, 6) is -0.579. The highest BCUT2D eigenvalue weighted by atomic mass is 79.9. The fourth-order valence-electron chi connectivity index (χ4n) is 1.41. The molecule has 0 saturated carbocycles. The SMILES string of the molecule is COC(=O)CN(C(C)C)S(=O)(=O)c1cc(C)c(Br)s1. The highest BCUT2D eigenvalue weighted by Gasteiger charge is 2.31. The molecule has 0 unspecified atom stereocenters. The number of rotatable bonds is 5. The first-order valence-corrected chi connectivity index (χ1v) is 8.59. The summed E-state index contributed by atoms with van der Waals surface area (Å²) in [6.45, 7) is 4.97. The average molecular weight is 370 g/mol. The van der Waals surface area contributed by atoms with E-state index in [0.29, 0.717) is 0 Å². The van der Waals surface area contributed by atoms with Crippen molar-refractivity contribution in [3.8, 4) is 0 Å². The van der Waals surface area contributed by atoms with Crippen molar-refractivity contribution in [1.29, 1.82) is 0 Å². The van der Waals surface area contributed by atoms with Crippen LogP contribution in [-0.4, -0.2) is 38.4 Å². The number of ether oxygens (including phenoxy) is 1. The second kappa shape index (κ2) is 6.34. The number of nitrogens with zero attached hydrogens (tertiary/aromatic N) is 1. The van der Waals surface area contributed by atoms with Crippen LogP contribution in [0.3, 0.4) is 0 Å². The first kappa shape index (κ1) is 16.6. The summed E-state index contributed by atoms with van der Waals surface area (Å²) in [5.41, 5.74) is 0.852. The van der Waals surface area contributed by atoms with Gasteiger partial charge in [0.1, 0.15) is 10.8 Å². The smallest absolute Gasteiger partial charge is 0.321 e. The molecule has 5 nitrogen and oxygen atoms in total. The van der Waals surface area contributed by atoms with E-state index in [1.807, 2.05) is 6.92 Å². The zero-order valence-corrected chi connectivity index (χ0v) is 14.4. The van der Waals surface area contributed by atoms with Gasteiger partial charge in [0.2, 0.25) is 0 Å². The minimum atomic E-state index is -3.69. The molecule has 0 bridgehead atoms. The Morgan fingerprint density at radius 1 is 1.53 bits per heavy atom. The zero-order chi connectivity index (χ0) is 14.8. The topological polar surface area (TPSA) is 63.7 Å². The summed E-state index contributed by atoms with van der Waals surface area (Å²) in [4.78, 5) is 11.3. The Balaban J connectivity index is 3.16. The summed E-state index contributed by atoms with van der Waals surface area (Å²) in [6, 6.07) is 1.27. The van der Waals surface area contributed by atoms with Crippen molar-refractivity contribution < 1.29 is 17.9 Å². The quantitative estimate of drug-likeness (QED) is 0.747. The molecule has 19 heavy (non-hydrogen) atoms. The number of methoxy groups -OCH3 is 1. The van der Waals surface area contributed by atoms with E-state index in [9.17, 15) is 13.2 Å². The van der Waals surface area contributed by atoms with Crippen LogP contribution in [-0.2, 0) is 19.6 Å². The van der Waals surface area contributed by atoms with Gasteiger partial charge in [0, 0.05) is 6.04 Å². The Morgan fingerprint density at radius 3 is 2.47 bits per heavy atom. The molecule has 0 N–H and O–H groups in total. The van der Waals surface area contributed by atoms with Gasteiger partial charge in [0.05, 0.1) is 10.9 Å². The number of carbonyl (C=O) groups is 1. The summed E-state index contributed by atoms with van der Waals surface area (Å²) in [6.07, 6.45) is 0. The van der Waals surface area contributed by atoms with Gasteiger partial charge in [-0.2, -0.15) is 4.31 Å². The normalized spacial score (nSPS) is 12.2. The molecule has 0 aliphatic rings. The molecule has 8 heteroatoms. The van der Waals surface area contributed by atoms with Crippen LogP contribution in [0.25, 0.3) is 0 Å². The van der Waals surface area contributed by atoms with Crippen molar-refractivity contribution in [3.05, 3.63) is 15.4 Å². The van der Waals surface area contributed by atoms with Gasteiger partial charge in [-0.25, -0.2) is 8.42 Å². The lowest BCUT2D eigenvalue weighted by Gasteiger charge is -2.23. The molecule has 0 radical (unpaired) electrons. The molecule has 0 atom stereocenters. The van der Waals surface area contributed by atoms with Crippen LogP contribution in [0.15, 0.2) is 14.1 Å². The number of carbonyl (C=O) groups excluding carboxylic acids is 1. The van der Waals surface area contributed by atoms with E-state index in [0.717, 1.165) is 25.0 Å². The lowest BCUT2D eigenvalue weighted by molar-refractivity contribution is -0.141. The third-order valence-electron chi connectivity index (χ3n) is 2.49. The van der Waals surface area contributed by atoms with Gasteiger partial charge < -0.3 is 4.74 Å². The largest absolute Gasteiger partial charge is 0.468 e. The molecule has 1 aromatic heterocycles. The van der Waals surface area contributed by atoms with Crippen LogP contribution < -0.4 is 0 Å². The standard InChI is InChI=1S/C11H16BrNO4S2/c1-7(2)13(6-9(14)17-4)19(15,16)10-5-8(3)11(12)18-10/h5,7H,6H2,1-4H3. The monoisotopic (exact) mass is 369 g/mol. The Bertz CT molecular complexity index is 546. The highest BCUT2D eigenvalue weighted by molar-refractivity contribution is 9.11. The highest BCUT2D eigenvalue weighted by Crippen LogP contribution is 2.32. The van der Waals surface area contributed by atoms with Crippen molar-refractivity contribution in [3.63, 3.8) is 0 Å². The summed E-state index contributed by atoms with van der Waals surface area (Å²) in [7, 11) is -2.45. The number of hydrogen-bond donors (Lipinski definition) is 0. The lowest BCUT2D eigenvalue weighted by Crippen LogP contribution is -2.40. The summed E-state index contributed by atoms with van der Waals surface area (Å²) in [5, 5.41) is 0. The van der Waals surface area contributed by atoms with E-state index in [-0.39, 0.29) is 16.8 Å². The molecular weight excluding hydrogens is 354 g/mol. The van der Waals surface area contributed by atoms with Crippen molar-refractivity contribution >= 4 is 43.3 Å². The van der Waals surface area contributed by atoms with Gasteiger partial charge in [0.15, 0.2) is 0 Å². The fourth-order valence-corrected chi connectivity index (χ4v) is 5.35. The predicted octanol–water partition coefficient (Wildman–Crippen LogP) is 2.39. The maximum absolute atomic E-state index is 12.5. The van der Waals surface area contributed by atoms with Crippen LogP contribution in [0, 0.1) is 6.92 Å². The van der Waals surface area contributed by atoms with Crippen LogP contribution in [0.2, 0.25) is 0 Å².